The largest absolute Gasteiger partial charge is 0.381 e. The maximum atomic E-state index is 5.01. The fourth-order valence-electron chi connectivity index (χ4n) is 7.45. The van der Waals surface area contributed by atoms with Crippen LogP contribution in [-0.2, 0) is 30.4 Å². The number of hydrogen-bond donors (Lipinski definition) is 2. The van der Waals surface area contributed by atoms with E-state index in [1.54, 1.807) is 6.20 Å². The molecule has 288 valence electrons. The fraction of sp³-hybridized carbons (Fsp3) is 0.167. The number of ether oxygens (including phenoxy) is 1. The van der Waals surface area contributed by atoms with Gasteiger partial charge in [-0.3, -0.25) is 9.13 Å². The lowest BCUT2D eigenvalue weighted by molar-refractivity contribution is 0.198. The number of anilines is 4. The molecule has 0 radical (unpaired) electrons. The third-order valence-corrected chi connectivity index (χ3v) is 11.2. The topological polar surface area (TPSA) is 94.7 Å². The minimum atomic E-state index is 0.830. The van der Waals surface area contributed by atoms with Gasteiger partial charge in [0.05, 0.1) is 34.1 Å². The molecule has 3 aliphatic rings. The molecule has 0 spiro atoms. The van der Waals surface area contributed by atoms with Crippen LogP contribution >= 0.6 is 15.9 Å². The van der Waals surface area contributed by atoms with E-state index in [-0.39, 0.29) is 0 Å². The van der Waals surface area contributed by atoms with Crippen LogP contribution in [0.1, 0.15) is 35.4 Å². The highest BCUT2D eigenvalue weighted by Crippen LogP contribution is 2.41. The van der Waals surface area contributed by atoms with Crippen molar-refractivity contribution in [1.82, 2.24) is 29.1 Å². The molecule has 3 aliphatic heterocycles. The van der Waals surface area contributed by atoms with Gasteiger partial charge in [-0.1, -0.05) is 84.9 Å². The molecule has 10 heteroatoms. The van der Waals surface area contributed by atoms with Crippen molar-refractivity contribution in [3.05, 3.63) is 179 Å². The van der Waals surface area contributed by atoms with E-state index in [0.29, 0.717) is 0 Å². The zero-order chi connectivity index (χ0) is 39.1. The summed E-state index contributed by atoms with van der Waals surface area (Å²) in [5.41, 5.74) is 11.0. The Bertz CT molecular complexity index is 2560. The molecule has 1 fully saturated rings. The molecule has 0 bridgehead atoms. The molecule has 11 rings (SSSR count). The Kier molecular flexibility index (Phi) is 11.2. The van der Waals surface area contributed by atoms with E-state index in [1.807, 2.05) is 48.7 Å². The van der Waals surface area contributed by atoms with Gasteiger partial charge in [-0.25, -0.2) is 19.9 Å². The average molecular weight is 828 g/mol. The molecule has 58 heavy (non-hydrogen) atoms. The van der Waals surface area contributed by atoms with Crippen LogP contribution < -0.4 is 10.6 Å². The molecule has 0 saturated carbocycles. The van der Waals surface area contributed by atoms with Crippen LogP contribution in [0.2, 0.25) is 0 Å². The highest BCUT2D eigenvalue weighted by Gasteiger charge is 2.25. The summed E-state index contributed by atoms with van der Waals surface area (Å²) < 4.78 is 10.2. The lowest BCUT2D eigenvalue weighted by atomic mass is 10.1. The van der Waals surface area contributed by atoms with Crippen molar-refractivity contribution in [2.45, 2.75) is 38.5 Å². The van der Waals surface area contributed by atoms with E-state index in [4.69, 9.17) is 14.7 Å². The normalized spacial score (nSPS) is 12.8. The van der Waals surface area contributed by atoms with Gasteiger partial charge in [0.2, 0.25) is 0 Å². The summed E-state index contributed by atoms with van der Waals surface area (Å²) in [5, 5.41) is 6.89. The van der Waals surface area contributed by atoms with Gasteiger partial charge in [0.1, 0.15) is 16.3 Å². The van der Waals surface area contributed by atoms with Crippen molar-refractivity contribution < 1.29 is 4.74 Å². The molecule has 0 unspecified atom stereocenters. The molecule has 0 amide bonds. The molecule has 9 nitrogen and oxygen atoms in total. The maximum absolute atomic E-state index is 5.01. The summed E-state index contributed by atoms with van der Waals surface area (Å²) in [7, 11) is 0. The van der Waals surface area contributed by atoms with E-state index in [0.717, 1.165) is 112 Å². The minimum absolute atomic E-state index is 0.830. The number of benzene rings is 4. The van der Waals surface area contributed by atoms with Crippen molar-refractivity contribution in [3.63, 3.8) is 0 Å². The Morgan fingerprint density at radius 1 is 0.552 bits per heavy atom. The summed E-state index contributed by atoms with van der Waals surface area (Å²) in [6.45, 7) is 2.00. The first-order valence-electron chi connectivity index (χ1n) is 19.8. The van der Waals surface area contributed by atoms with Gasteiger partial charge >= 0.3 is 0 Å². The number of hydrogen-bond acceptors (Lipinski definition) is 7. The maximum Gasteiger partial charge on any atom is 0.154 e. The summed E-state index contributed by atoms with van der Waals surface area (Å²) in [4.78, 5) is 19.0. The zero-order valence-corrected chi connectivity index (χ0v) is 33.6. The Morgan fingerprint density at radius 2 is 1.10 bits per heavy atom. The van der Waals surface area contributed by atoms with Gasteiger partial charge in [0.15, 0.2) is 11.6 Å². The lowest BCUT2D eigenvalue weighted by Gasteiger charge is -2.09. The Balaban J connectivity index is 0.000000134. The second-order valence-electron chi connectivity index (χ2n) is 14.3. The van der Waals surface area contributed by atoms with Crippen LogP contribution in [0.5, 0.6) is 0 Å². The van der Waals surface area contributed by atoms with E-state index < -0.39 is 0 Å². The van der Waals surface area contributed by atoms with Crippen molar-refractivity contribution in [1.29, 1.82) is 0 Å². The number of halogens is 1. The van der Waals surface area contributed by atoms with Crippen molar-refractivity contribution in [2.24, 2.45) is 0 Å². The van der Waals surface area contributed by atoms with Gasteiger partial charge in [0.25, 0.3) is 0 Å². The molecule has 0 atom stereocenters. The lowest BCUT2D eigenvalue weighted by Crippen LogP contribution is -2.00. The summed E-state index contributed by atoms with van der Waals surface area (Å²) >= 11 is 3.81. The van der Waals surface area contributed by atoms with Crippen molar-refractivity contribution >= 4 is 38.9 Å². The van der Waals surface area contributed by atoms with Gasteiger partial charge in [-0.2, -0.15) is 0 Å². The minimum Gasteiger partial charge on any atom is -0.381 e. The van der Waals surface area contributed by atoms with Crippen LogP contribution in [0.3, 0.4) is 0 Å². The quantitative estimate of drug-likeness (QED) is 0.172. The zero-order valence-electron chi connectivity index (χ0n) is 32.1. The number of rotatable bonds is 6. The molecule has 4 aromatic carbocycles. The smallest absolute Gasteiger partial charge is 0.154 e. The Hall–Kier alpha value is -6.36. The summed E-state index contributed by atoms with van der Waals surface area (Å²) in [6.07, 6.45) is 12.0. The monoisotopic (exact) mass is 826 g/mol. The first kappa shape index (κ1) is 37.2. The fourth-order valence-corrected chi connectivity index (χ4v) is 8.10. The van der Waals surface area contributed by atoms with Crippen LogP contribution in [0.4, 0.5) is 23.0 Å². The highest BCUT2D eigenvalue weighted by molar-refractivity contribution is 9.10. The van der Waals surface area contributed by atoms with E-state index in [2.05, 4.69) is 143 Å². The van der Waals surface area contributed by atoms with Crippen LogP contribution in [0.25, 0.3) is 34.2 Å². The van der Waals surface area contributed by atoms with E-state index >= 15 is 0 Å². The van der Waals surface area contributed by atoms with Crippen molar-refractivity contribution in [2.75, 3.05) is 23.8 Å². The van der Waals surface area contributed by atoms with Crippen LogP contribution in [0, 0.1) is 0 Å². The van der Waals surface area contributed by atoms with Crippen LogP contribution in [0.15, 0.2) is 157 Å². The predicted octanol–water partition coefficient (Wildman–Crippen LogP) is 11.1. The molecule has 1 saturated heterocycles. The number of nitrogens with one attached hydrogen (secondary N) is 2. The van der Waals surface area contributed by atoms with E-state index in [9.17, 15) is 0 Å². The molecular weight excluding hydrogens is 784 g/mol. The standard InChI is InChI=1S/C22H17BrN4.C22H18N4.C4H8O/c23-20-18(13-12-15-7-2-1-3-8-15)26-22-16-9-4-5-10-17(16)25-21-19(27(20)22)11-6-14-24-21;1-2-7-16(8-3-1)12-13-17-15-26-20-11-6-14-23-21(20)25-19-10-5-4-9-18(19)22(26)24-17;1-2-4-5-3-1/h1-11,14H,12-13H2,(H,24,25);1-11,14-15H,12-13H2,(H,23,25);1-4H2. The second-order valence-corrected chi connectivity index (χ2v) is 15.1. The third kappa shape index (κ3) is 8.07. The number of nitrogens with zero attached hydrogens (tertiary/aromatic N) is 6. The first-order valence-corrected chi connectivity index (χ1v) is 20.6. The summed E-state index contributed by atoms with van der Waals surface area (Å²) in [5.74, 6) is 3.57. The third-order valence-electron chi connectivity index (χ3n) is 10.4. The van der Waals surface area contributed by atoms with Crippen LogP contribution in [-0.4, -0.2) is 42.3 Å². The molecule has 0 aliphatic carbocycles. The number of pyridine rings is 2. The van der Waals surface area contributed by atoms with Gasteiger partial charge < -0.3 is 15.4 Å². The van der Waals surface area contributed by atoms with Gasteiger partial charge in [-0.05, 0) is 114 Å². The van der Waals surface area contributed by atoms with Gasteiger partial charge in [-0.15, -0.1) is 0 Å². The number of aromatic nitrogens is 6. The van der Waals surface area contributed by atoms with Gasteiger partial charge in [0, 0.05) is 42.9 Å². The number of imidazole rings is 2. The van der Waals surface area contributed by atoms with Crippen molar-refractivity contribution in [3.8, 4) is 34.2 Å². The molecule has 2 N–H and O–H groups in total. The molecular formula is C48H43BrN8O. The first-order chi connectivity index (χ1) is 28.7. The Morgan fingerprint density at radius 3 is 1.72 bits per heavy atom. The average Bonchev–Trinajstić information content (AvgIpc) is 4.03. The second kappa shape index (κ2) is 17.4. The highest BCUT2D eigenvalue weighted by atomic mass is 79.9. The Labute approximate surface area is 347 Å². The predicted molar refractivity (Wildman–Crippen MR) is 236 cm³/mol. The SMILES string of the molecule is Brc1c(CCc2ccccc2)nc2n1-c1cccnc1Nc1ccccc1-2.C1CCOC1.c1ccc(CCc2cn3c(n2)-c2ccccc2Nc2ncccc2-3)cc1. The number of aryl methyl sites for hydroxylation is 4. The summed E-state index contributed by atoms with van der Waals surface area (Å²) in [6, 6.07) is 45.6. The number of para-hydroxylation sites is 2. The molecule has 8 aromatic rings. The number of fused-ring (bicyclic) bond motifs is 10. The van der Waals surface area contributed by atoms with E-state index in [1.165, 1.54) is 24.0 Å². The molecule has 7 heterocycles. The molecule has 4 aromatic heterocycles.